The number of hydrogen-bond donors (Lipinski definition) is 0. The fourth-order valence-electron chi connectivity index (χ4n) is 3.47. The Morgan fingerprint density at radius 1 is 1.10 bits per heavy atom. The van der Waals surface area contributed by atoms with Crippen LogP contribution in [0.3, 0.4) is 0 Å². The molecular weight excluding hydrogens is 398 g/mol. The van der Waals surface area contributed by atoms with Crippen LogP contribution in [-0.2, 0) is 10.0 Å². The summed E-state index contributed by atoms with van der Waals surface area (Å²) >= 11 is 0. The maximum atomic E-state index is 12.9. The van der Waals surface area contributed by atoms with Crippen LogP contribution in [0.15, 0.2) is 49.0 Å². The van der Waals surface area contributed by atoms with Gasteiger partial charge in [-0.15, -0.1) is 0 Å². The van der Waals surface area contributed by atoms with E-state index in [-0.39, 0.29) is 48.0 Å². The van der Waals surface area contributed by atoms with Crippen LogP contribution in [0, 0.1) is 13.8 Å². The van der Waals surface area contributed by atoms with E-state index in [2.05, 4.69) is 5.16 Å². The Hall–Kier alpha value is -2.98. The molecule has 4 rings (SSSR count). The zero-order chi connectivity index (χ0) is 20.8. The van der Waals surface area contributed by atoms with E-state index in [9.17, 15) is 18.0 Å². The van der Waals surface area contributed by atoms with Gasteiger partial charge in [0.2, 0.25) is 10.0 Å². The highest BCUT2D eigenvalue weighted by Gasteiger charge is 2.34. The molecular formula is C19H19N3O6S. The molecule has 0 bridgehead atoms. The van der Waals surface area contributed by atoms with Gasteiger partial charge >= 0.3 is 0 Å². The van der Waals surface area contributed by atoms with Crippen molar-refractivity contribution in [2.45, 2.75) is 18.7 Å². The summed E-state index contributed by atoms with van der Waals surface area (Å²) < 4.78 is 37.7. The summed E-state index contributed by atoms with van der Waals surface area (Å²) in [5.74, 6) is -0.267. The molecule has 2 aromatic heterocycles. The van der Waals surface area contributed by atoms with Crippen LogP contribution in [0.5, 0.6) is 0 Å². The molecule has 0 unspecified atom stereocenters. The number of piperazine rings is 1. The van der Waals surface area contributed by atoms with Gasteiger partial charge < -0.3 is 13.8 Å². The van der Waals surface area contributed by atoms with Crippen LogP contribution >= 0.6 is 0 Å². The van der Waals surface area contributed by atoms with Crippen molar-refractivity contribution in [3.8, 4) is 0 Å². The smallest absolute Gasteiger partial charge is 0.289 e. The molecule has 152 valence electrons. The van der Waals surface area contributed by atoms with Gasteiger partial charge in [0, 0.05) is 32.2 Å². The van der Waals surface area contributed by atoms with Crippen molar-refractivity contribution in [3.05, 3.63) is 57.8 Å². The molecule has 3 aromatic rings. The van der Waals surface area contributed by atoms with Gasteiger partial charge in [-0.3, -0.25) is 9.59 Å². The average molecular weight is 417 g/mol. The lowest BCUT2D eigenvalue weighted by Crippen LogP contribution is -2.50. The minimum atomic E-state index is -3.76. The number of sulfonamides is 1. The van der Waals surface area contributed by atoms with E-state index in [4.69, 9.17) is 8.94 Å². The minimum Gasteiger partial charge on any atom is -0.451 e. The number of nitrogens with zero attached hydrogens (tertiary/aromatic N) is 3. The fourth-order valence-corrected chi connectivity index (χ4v) is 5.18. The molecule has 3 heterocycles. The Kier molecular flexibility index (Phi) is 4.75. The first-order chi connectivity index (χ1) is 13.8. The molecule has 0 radical (unpaired) electrons. The Balaban J connectivity index is 1.53. The molecule has 10 heteroatoms. The molecule has 0 N–H and O–H groups in total. The summed E-state index contributed by atoms with van der Waals surface area (Å²) in [6.07, 6.45) is 0. The van der Waals surface area contributed by atoms with Crippen molar-refractivity contribution in [3.63, 3.8) is 0 Å². The third-order valence-electron chi connectivity index (χ3n) is 4.94. The number of aromatic nitrogens is 1. The van der Waals surface area contributed by atoms with Gasteiger partial charge in [0.05, 0.1) is 5.39 Å². The Morgan fingerprint density at radius 2 is 1.79 bits per heavy atom. The summed E-state index contributed by atoms with van der Waals surface area (Å²) in [6.45, 7) is 3.72. The van der Waals surface area contributed by atoms with E-state index < -0.39 is 15.9 Å². The maximum Gasteiger partial charge on any atom is 0.289 e. The summed E-state index contributed by atoms with van der Waals surface area (Å²) in [5, 5.41) is 4.11. The van der Waals surface area contributed by atoms with Crippen LogP contribution < -0.4 is 5.43 Å². The number of hydrogen-bond acceptors (Lipinski definition) is 7. The van der Waals surface area contributed by atoms with Gasteiger partial charge in [0.1, 0.15) is 16.2 Å². The number of para-hydroxylation sites is 1. The van der Waals surface area contributed by atoms with Gasteiger partial charge in [-0.2, -0.15) is 4.31 Å². The third kappa shape index (κ3) is 3.34. The van der Waals surface area contributed by atoms with Crippen LogP contribution in [-0.4, -0.2) is 54.9 Å². The molecule has 1 aromatic carbocycles. The first kappa shape index (κ1) is 19.3. The number of amides is 1. The maximum absolute atomic E-state index is 12.9. The highest BCUT2D eigenvalue weighted by atomic mass is 32.2. The minimum absolute atomic E-state index is 0.0595. The normalized spacial score (nSPS) is 15.7. The lowest BCUT2D eigenvalue weighted by molar-refractivity contribution is 0.0666. The van der Waals surface area contributed by atoms with Gasteiger partial charge in [-0.05, 0) is 26.0 Å². The molecule has 0 atom stereocenters. The molecule has 9 nitrogen and oxygen atoms in total. The number of aryl methyl sites for hydroxylation is 2. The zero-order valence-corrected chi connectivity index (χ0v) is 16.7. The first-order valence-corrected chi connectivity index (χ1v) is 10.5. The van der Waals surface area contributed by atoms with E-state index in [0.29, 0.717) is 16.7 Å². The van der Waals surface area contributed by atoms with E-state index in [0.717, 1.165) is 0 Å². The van der Waals surface area contributed by atoms with Crippen molar-refractivity contribution >= 4 is 26.9 Å². The largest absolute Gasteiger partial charge is 0.451 e. The van der Waals surface area contributed by atoms with Gasteiger partial charge in [-0.25, -0.2) is 8.42 Å². The SMILES string of the molecule is Cc1noc(C)c1S(=O)(=O)N1CCN(C(=O)c2cc(=O)c3ccccc3o2)CC1. The van der Waals surface area contributed by atoms with Crippen LogP contribution in [0.25, 0.3) is 11.0 Å². The Labute approximate surface area is 166 Å². The van der Waals surface area contributed by atoms with Crippen molar-refractivity contribution in [1.29, 1.82) is 0 Å². The topological polar surface area (TPSA) is 114 Å². The molecule has 0 aliphatic carbocycles. The highest BCUT2D eigenvalue weighted by molar-refractivity contribution is 7.89. The van der Waals surface area contributed by atoms with Crippen LogP contribution in [0.4, 0.5) is 0 Å². The van der Waals surface area contributed by atoms with Crippen molar-refractivity contribution in [2.75, 3.05) is 26.2 Å². The molecule has 1 aliphatic heterocycles. The van der Waals surface area contributed by atoms with Gasteiger partial charge in [0.25, 0.3) is 5.91 Å². The summed E-state index contributed by atoms with van der Waals surface area (Å²) in [7, 11) is -3.76. The summed E-state index contributed by atoms with van der Waals surface area (Å²) in [5.41, 5.74) is 0.344. The Bertz CT molecular complexity index is 1230. The van der Waals surface area contributed by atoms with E-state index in [1.165, 1.54) is 15.3 Å². The third-order valence-corrected chi connectivity index (χ3v) is 7.08. The van der Waals surface area contributed by atoms with Crippen molar-refractivity contribution in [1.82, 2.24) is 14.4 Å². The average Bonchev–Trinajstić information content (AvgIpc) is 3.06. The molecule has 1 fully saturated rings. The molecule has 0 spiro atoms. The second-order valence-corrected chi connectivity index (χ2v) is 8.70. The lowest BCUT2D eigenvalue weighted by atomic mass is 10.2. The number of benzene rings is 1. The molecule has 0 saturated carbocycles. The molecule has 1 saturated heterocycles. The monoisotopic (exact) mass is 417 g/mol. The second-order valence-electron chi connectivity index (χ2n) is 6.82. The molecule has 1 aliphatic rings. The number of carbonyl (C=O) groups excluding carboxylic acids is 1. The number of fused-ring (bicyclic) bond motifs is 1. The quantitative estimate of drug-likeness (QED) is 0.635. The molecule has 1 amide bonds. The van der Waals surface area contributed by atoms with Gasteiger partial charge in [0.15, 0.2) is 16.9 Å². The fraction of sp³-hybridized carbons (Fsp3) is 0.316. The Morgan fingerprint density at radius 3 is 2.45 bits per heavy atom. The summed E-state index contributed by atoms with van der Waals surface area (Å²) in [4.78, 5) is 26.6. The molecule has 29 heavy (non-hydrogen) atoms. The van der Waals surface area contributed by atoms with E-state index in [1.807, 2.05) is 0 Å². The predicted octanol–water partition coefficient (Wildman–Crippen LogP) is 1.54. The van der Waals surface area contributed by atoms with Gasteiger partial charge in [-0.1, -0.05) is 17.3 Å². The second kappa shape index (κ2) is 7.12. The predicted molar refractivity (Wildman–Crippen MR) is 103 cm³/mol. The number of carbonyl (C=O) groups is 1. The zero-order valence-electron chi connectivity index (χ0n) is 15.9. The van der Waals surface area contributed by atoms with Crippen molar-refractivity contribution < 1.29 is 22.2 Å². The van der Waals surface area contributed by atoms with Crippen LogP contribution in [0.1, 0.15) is 22.0 Å². The lowest BCUT2D eigenvalue weighted by Gasteiger charge is -2.33. The number of rotatable bonds is 3. The van der Waals surface area contributed by atoms with E-state index in [1.54, 1.807) is 38.1 Å². The standard InChI is InChI=1S/C19H19N3O6S/c1-12-18(13(2)28-20-12)29(25,26)22-9-7-21(8-10-22)19(24)17-11-15(23)14-5-3-4-6-16(14)27-17/h3-6,11H,7-10H2,1-2H3. The van der Waals surface area contributed by atoms with Crippen molar-refractivity contribution in [2.24, 2.45) is 0 Å². The van der Waals surface area contributed by atoms with Crippen LogP contribution in [0.2, 0.25) is 0 Å². The summed E-state index contributed by atoms with van der Waals surface area (Å²) in [6, 6.07) is 7.88. The van der Waals surface area contributed by atoms with E-state index >= 15 is 0 Å². The highest BCUT2D eigenvalue weighted by Crippen LogP contribution is 2.24. The first-order valence-electron chi connectivity index (χ1n) is 9.04.